The van der Waals surface area contributed by atoms with Gasteiger partial charge in [-0.05, 0) is 30.7 Å². The maximum Gasteiger partial charge on any atom is 0.328 e. The smallest absolute Gasteiger partial charge is 0.328 e. The minimum absolute atomic E-state index is 0.340. The first-order chi connectivity index (χ1) is 12.0. The van der Waals surface area contributed by atoms with E-state index in [-0.39, 0.29) is 5.78 Å². The molecule has 2 rings (SSSR count). The van der Waals surface area contributed by atoms with Gasteiger partial charge in [0.2, 0.25) is 11.7 Å². The minimum atomic E-state index is -0.868. The van der Waals surface area contributed by atoms with Crippen LogP contribution in [0.3, 0.4) is 0 Å². The third-order valence-corrected chi connectivity index (χ3v) is 4.40. The molecule has 0 aliphatic heterocycles. The molecule has 5 nitrogen and oxygen atoms in total. The monoisotopic (exact) mass is 377 g/mol. The van der Waals surface area contributed by atoms with Gasteiger partial charge in [0.1, 0.15) is 6.04 Å². The highest BCUT2D eigenvalue weighted by molar-refractivity contribution is 7.18. The molecular weight excluding hydrogens is 362 g/mol. The van der Waals surface area contributed by atoms with Gasteiger partial charge in [0.25, 0.3) is 0 Å². The van der Waals surface area contributed by atoms with E-state index < -0.39 is 24.5 Å². The highest BCUT2D eigenvalue weighted by Gasteiger charge is 2.18. The molecule has 0 spiro atoms. The normalized spacial score (nSPS) is 11.9. The van der Waals surface area contributed by atoms with Crippen molar-refractivity contribution in [2.24, 2.45) is 0 Å². The van der Waals surface area contributed by atoms with E-state index in [4.69, 9.17) is 16.3 Å². The summed E-state index contributed by atoms with van der Waals surface area (Å²) in [6.45, 7) is 1.10. The molecule has 0 fully saturated rings. The Morgan fingerprint density at radius 1 is 1.20 bits per heavy atom. The van der Waals surface area contributed by atoms with E-state index in [0.717, 1.165) is 16.9 Å². The fourth-order valence-corrected chi connectivity index (χ4v) is 2.82. The lowest BCUT2D eigenvalue weighted by Gasteiger charge is -2.11. The van der Waals surface area contributed by atoms with E-state index in [1.165, 1.54) is 13.0 Å². The molecular formula is C18H16ClNO4S. The number of benzene rings is 1. The second kappa shape index (κ2) is 9.15. The zero-order valence-corrected chi connectivity index (χ0v) is 15.0. The summed E-state index contributed by atoms with van der Waals surface area (Å²) in [5, 5.41) is 2.49. The van der Waals surface area contributed by atoms with Crippen LogP contribution in [0, 0.1) is 0 Å². The van der Waals surface area contributed by atoms with E-state index in [1.807, 2.05) is 30.3 Å². The lowest BCUT2D eigenvalue weighted by molar-refractivity contribution is -0.145. The number of ketones is 1. The lowest BCUT2D eigenvalue weighted by atomic mass is 10.2. The van der Waals surface area contributed by atoms with Gasteiger partial charge in [0.15, 0.2) is 6.61 Å². The van der Waals surface area contributed by atoms with Crippen molar-refractivity contribution in [3.63, 3.8) is 0 Å². The number of rotatable bonds is 7. The molecule has 1 N–H and O–H groups in total. The van der Waals surface area contributed by atoms with Crippen molar-refractivity contribution in [1.29, 1.82) is 0 Å². The van der Waals surface area contributed by atoms with E-state index in [2.05, 4.69) is 5.32 Å². The van der Waals surface area contributed by atoms with Gasteiger partial charge in [-0.25, -0.2) is 4.79 Å². The van der Waals surface area contributed by atoms with Gasteiger partial charge < -0.3 is 10.1 Å². The molecule has 0 saturated carbocycles. The summed E-state index contributed by atoms with van der Waals surface area (Å²) in [5.41, 5.74) is 0.869. The number of Topliss-reactive ketones (excluding diaryl/α,β-unsaturated/α-hetero) is 1. The number of amides is 1. The second-order valence-corrected chi connectivity index (χ2v) is 6.82. The van der Waals surface area contributed by atoms with Crippen molar-refractivity contribution < 1.29 is 19.1 Å². The third kappa shape index (κ3) is 6.17. The molecule has 0 aliphatic carbocycles. The van der Waals surface area contributed by atoms with Crippen molar-refractivity contribution in [2.75, 3.05) is 6.61 Å². The van der Waals surface area contributed by atoms with Crippen LogP contribution in [0.25, 0.3) is 6.08 Å². The van der Waals surface area contributed by atoms with Gasteiger partial charge in [-0.2, -0.15) is 0 Å². The van der Waals surface area contributed by atoms with E-state index in [1.54, 1.807) is 18.2 Å². The molecule has 2 aromatic rings. The quantitative estimate of drug-likeness (QED) is 0.456. The molecule has 7 heteroatoms. The summed E-state index contributed by atoms with van der Waals surface area (Å²) in [6, 6.07) is 11.6. The van der Waals surface area contributed by atoms with Crippen LogP contribution in [0.2, 0.25) is 4.34 Å². The summed E-state index contributed by atoms with van der Waals surface area (Å²) in [5.74, 6) is -1.45. The van der Waals surface area contributed by atoms with Crippen molar-refractivity contribution in [1.82, 2.24) is 5.32 Å². The van der Waals surface area contributed by atoms with Crippen molar-refractivity contribution in [2.45, 2.75) is 13.0 Å². The van der Waals surface area contributed by atoms with Gasteiger partial charge in [0.05, 0.1) is 9.21 Å². The van der Waals surface area contributed by atoms with Gasteiger partial charge in [-0.15, -0.1) is 11.3 Å². The maximum atomic E-state index is 11.9. The van der Waals surface area contributed by atoms with Gasteiger partial charge in [0, 0.05) is 6.08 Å². The van der Waals surface area contributed by atoms with E-state index >= 15 is 0 Å². The van der Waals surface area contributed by atoms with Crippen molar-refractivity contribution in [3.8, 4) is 0 Å². The molecule has 1 amide bonds. The number of ether oxygens (including phenoxy) is 1. The molecule has 1 heterocycles. The Morgan fingerprint density at radius 3 is 2.56 bits per heavy atom. The summed E-state index contributed by atoms with van der Waals surface area (Å²) in [4.78, 5) is 35.9. The Morgan fingerprint density at radius 2 is 1.92 bits per heavy atom. The van der Waals surface area contributed by atoms with Crippen LogP contribution in [-0.4, -0.2) is 30.3 Å². The molecule has 0 unspecified atom stereocenters. The Balaban J connectivity index is 1.78. The topological polar surface area (TPSA) is 72.5 Å². The van der Waals surface area contributed by atoms with E-state index in [0.29, 0.717) is 9.21 Å². The van der Waals surface area contributed by atoms with Crippen LogP contribution < -0.4 is 5.32 Å². The van der Waals surface area contributed by atoms with Crippen molar-refractivity contribution >= 4 is 46.7 Å². The first kappa shape index (κ1) is 18.9. The van der Waals surface area contributed by atoms with Gasteiger partial charge >= 0.3 is 5.97 Å². The van der Waals surface area contributed by atoms with Gasteiger partial charge in [-0.1, -0.05) is 41.9 Å². The first-order valence-electron chi connectivity index (χ1n) is 7.44. The Kier molecular flexibility index (Phi) is 6.91. The minimum Gasteiger partial charge on any atom is -0.456 e. The third-order valence-electron chi connectivity index (χ3n) is 3.13. The summed E-state index contributed by atoms with van der Waals surface area (Å²) in [7, 11) is 0. The Bertz CT molecular complexity index is 785. The number of hydrogen-bond acceptors (Lipinski definition) is 5. The summed E-state index contributed by atoms with van der Waals surface area (Å²) < 4.78 is 5.42. The standard InChI is InChI=1S/C18H16ClNO4S/c1-12(20-17(22)10-7-13-5-3-2-4-6-13)18(23)24-11-14(21)15-8-9-16(19)25-15/h2-10,12H,11H2,1H3,(H,20,22)/b10-7+/t12-/m0/s1. The largest absolute Gasteiger partial charge is 0.456 e. The maximum absolute atomic E-state index is 11.9. The number of hydrogen-bond donors (Lipinski definition) is 1. The molecule has 0 bridgehead atoms. The number of carbonyl (C=O) groups is 3. The Labute approximate surface area is 154 Å². The molecule has 0 aliphatic rings. The fraction of sp³-hybridized carbons (Fsp3) is 0.167. The lowest BCUT2D eigenvalue weighted by Crippen LogP contribution is -2.39. The Hall–Kier alpha value is -2.44. The summed E-state index contributed by atoms with van der Waals surface area (Å²) in [6.07, 6.45) is 2.97. The highest BCUT2D eigenvalue weighted by atomic mass is 35.5. The number of esters is 1. The van der Waals surface area contributed by atoms with Crippen LogP contribution in [0.4, 0.5) is 0 Å². The second-order valence-electron chi connectivity index (χ2n) is 5.11. The predicted molar refractivity (Wildman–Crippen MR) is 97.7 cm³/mol. The van der Waals surface area contributed by atoms with Crippen molar-refractivity contribution in [3.05, 3.63) is 63.3 Å². The molecule has 1 aromatic carbocycles. The molecule has 0 saturated heterocycles. The molecule has 0 radical (unpaired) electrons. The van der Waals surface area contributed by atoms with Crippen LogP contribution in [-0.2, 0) is 14.3 Å². The number of thiophene rings is 1. The average Bonchev–Trinajstić information content (AvgIpc) is 3.05. The van der Waals surface area contributed by atoms with E-state index in [9.17, 15) is 14.4 Å². The van der Waals surface area contributed by atoms with Crippen LogP contribution >= 0.6 is 22.9 Å². The molecule has 1 aromatic heterocycles. The van der Waals surface area contributed by atoms with Gasteiger partial charge in [-0.3, -0.25) is 9.59 Å². The van der Waals surface area contributed by atoms with Crippen LogP contribution in [0.15, 0.2) is 48.5 Å². The van der Waals surface area contributed by atoms with Crippen LogP contribution in [0.1, 0.15) is 22.2 Å². The number of nitrogens with one attached hydrogen (secondary N) is 1. The molecule has 130 valence electrons. The number of carbonyl (C=O) groups excluding carboxylic acids is 3. The molecule has 25 heavy (non-hydrogen) atoms. The fourth-order valence-electron chi connectivity index (χ4n) is 1.85. The zero-order valence-electron chi connectivity index (χ0n) is 13.4. The zero-order chi connectivity index (χ0) is 18.2. The first-order valence-corrected chi connectivity index (χ1v) is 8.64. The SMILES string of the molecule is C[C@H](NC(=O)/C=C/c1ccccc1)C(=O)OCC(=O)c1ccc(Cl)s1. The predicted octanol–water partition coefficient (Wildman–Crippen LogP) is 3.35. The highest BCUT2D eigenvalue weighted by Crippen LogP contribution is 2.21. The summed E-state index contributed by atoms with van der Waals surface area (Å²) >= 11 is 6.87. The van der Waals surface area contributed by atoms with Crippen LogP contribution in [0.5, 0.6) is 0 Å². The number of halogens is 1. The molecule has 1 atom stereocenters. The average molecular weight is 378 g/mol.